The number of hydrogen-bond acceptors (Lipinski definition) is 3. The first-order valence-corrected chi connectivity index (χ1v) is 3.27. The minimum absolute atomic E-state index is 0.0795. The summed E-state index contributed by atoms with van der Waals surface area (Å²) in [4.78, 5) is 0. The molecule has 0 rings (SSSR count). The average Bonchev–Trinajstić information content (AvgIpc) is 1.67. The fourth-order valence-electron chi connectivity index (χ4n) is 0.197. The summed E-state index contributed by atoms with van der Waals surface area (Å²) in [6.07, 6.45) is 0.0795. The van der Waals surface area contributed by atoms with Gasteiger partial charge in [-0.05, 0) is 0 Å². The second-order valence-corrected chi connectivity index (χ2v) is 2.76. The first-order valence-electron chi connectivity index (χ1n) is 2.13. The Bertz CT molecular complexity index is 128. The minimum atomic E-state index is -2.08. The highest BCUT2D eigenvalue weighted by atomic mass is 32.2. The van der Waals surface area contributed by atoms with Gasteiger partial charge in [-0.25, -0.2) is 0 Å². The molecule has 0 heterocycles. The Morgan fingerprint density at radius 1 is 2.00 bits per heavy atom. The van der Waals surface area contributed by atoms with E-state index in [-0.39, 0.29) is 6.42 Å². The molecule has 0 amide bonds. The van der Waals surface area contributed by atoms with Crippen molar-refractivity contribution in [2.45, 2.75) is 18.6 Å². The predicted octanol–water partition coefficient (Wildman–Crippen LogP) is 0.168. The summed E-state index contributed by atoms with van der Waals surface area (Å²) in [5, 5.41) is 7.43. The zero-order chi connectivity index (χ0) is 6.57. The van der Waals surface area contributed by atoms with E-state index < -0.39 is 16.3 Å². The minimum Gasteiger partial charge on any atom is -0.772 e. The van der Waals surface area contributed by atoms with Gasteiger partial charge in [-0.3, -0.25) is 4.21 Å². The zero-order valence-electron chi connectivity index (χ0n) is 4.46. The summed E-state index contributed by atoms with van der Waals surface area (Å²) in [6.45, 7) is 1.49. The van der Waals surface area contributed by atoms with Crippen molar-refractivity contribution in [2.24, 2.45) is 0 Å². The van der Waals surface area contributed by atoms with Gasteiger partial charge in [-0.15, -0.1) is 0 Å². The molecule has 0 aromatic carbocycles. The smallest absolute Gasteiger partial charge is 0.0633 e. The Morgan fingerprint density at radius 2 is 2.50 bits per heavy atom. The molecule has 2 atom stereocenters. The molecule has 0 aliphatic heterocycles. The average molecular weight is 132 g/mol. The molecular formula is C4H6NO2S-. The summed E-state index contributed by atoms with van der Waals surface area (Å²) in [5.41, 5.74) is 0. The molecule has 0 aromatic heterocycles. The van der Waals surface area contributed by atoms with Crippen molar-refractivity contribution >= 4 is 11.1 Å². The second kappa shape index (κ2) is 3.58. The lowest BCUT2D eigenvalue weighted by Crippen LogP contribution is -2.07. The third-order valence-electron chi connectivity index (χ3n) is 0.707. The highest BCUT2D eigenvalue weighted by Gasteiger charge is 1.97. The van der Waals surface area contributed by atoms with Gasteiger partial charge in [0.2, 0.25) is 0 Å². The van der Waals surface area contributed by atoms with Crippen molar-refractivity contribution in [3.05, 3.63) is 0 Å². The molecule has 0 bridgehead atoms. The fraction of sp³-hybridized carbons (Fsp3) is 0.750. The van der Waals surface area contributed by atoms with E-state index in [0.717, 1.165) is 0 Å². The van der Waals surface area contributed by atoms with Gasteiger partial charge >= 0.3 is 0 Å². The topological polar surface area (TPSA) is 63.9 Å². The maximum absolute atomic E-state index is 9.94. The fourth-order valence-corrected chi connectivity index (χ4v) is 0.407. The largest absolute Gasteiger partial charge is 0.772 e. The molecule has 46 valence electrons. The molecule has 0 N–H and O–H groups in total. The van der Waals surface area contributed by atoms with Crippen molar-refractivity contribution in [1.82, 2.24) is 0 Å². The van der Waals surface area contributed by atoms with E-state index in [9.17, 15) is 8.76 Å². The van der Waals surface area contributed by atoms with Gasteiger partial charge in [-0.2, -0.15) is 5.26 Å². The van der Waals surface area contributed by atoms with Crippen molar-refractivity contribution in [3.63, 3.8) is 0 Å². The van der Waals surface area contributed by atoms with Crippen molar-refractivity contribution < 1.29 is 8.76 Å². The van der Waals surface area contributed by atoms with Crippen LogP contribution in [0.5, 0.6) is 0 Å². The molecule has 2 unspecified atom stereocenters. The van der Waals surface area contributed by atoms with Crippen LogP contribution in [-0.2, 0) is 11.1 Å². The molecule has 0 radical (unpaired) electrons. The van der Waals surface area contributed by atoms with Crippen LogP contribution in [0.4, 0.5) is 0 Å². The van der Waals surface area contributed by atoms with E-state index in [2.05, 4.69) is 0 Å². The normalized spacial score (nSPS) is 16.6. The Hall–Kier alpha value is -0.400. The Labute approximate surface area is 50.6 Å². The molecule has 0 aliphatic rings. The number of hydrogen-bond donors (Lipinski definition) is 0. The van der Waals surface area contributed by atoms with Crippen LogP contribution in [0.1, 0.15) is 13.3 Å². The van der Waals surface area contributed by atoms with E-state index in [0.29, 0.717) is 0 Å². The predicted molar refractivity (Wildman–Crippen MR) is 28.6 cm³/mol. The van der Waals surface area contributed by atoms with Gasteiger partial charge < -0.3 is 4.55 Å². The summed E-state index contributed by atoms with van der Waals surface area (Å²) < 4.78 is 19.9. The van der Waals surface area contributed by atoms with Gasteiger partial charge in [0.15, 0.2) is 0 Å². The van der Waals surface area contributed by atoms with Crippen LogP contribution in [-0.4, -0.2) is 14.0 Å². The van der Waals surface area contributed by atoms with Crippen molar-refractivity contribution in [1.29, 1.82) is 5.26 Å². The maximum atomic E-state index is 9.94. The van der Waals surface area contributed by atoms with Crippen LogP contribution in [0.3, 0.4) is 0 Å². The quantitative estimate of drug-likeness (QED) is 0.503. The highest BCUT2D eigenvalue weighted by Crippen LogP contribution is 1.94. The van der Waals surface area contributed by atoms with E-state index in [1.807, 2.05) is 0 Å². The molecule has 0 fully saturated rings. The molecule has 8 heavy (non-hydrogen) atoms. The van der Waals surface area contributed by atoms with Crippen LogP contribution in [0.15, 0.2) is 0 Å². The van der Waals surface area contributed by atoms with E-state index >= 15 is 0 Å². The third kappa shape index (κ3) is 2.72. The van der Waals surface area contributed by atoms with E-state index in [1.165, 1.54) is 6.92 Å². The van der Waals surface area contributed by atoms with E-state index in [1.54, 1.807) is 6.07 Å². The molecule has 3 nitrogen and oxygen atoms in total. The van der Waals surface area contributed by atoms with Crippen LogP contribution >= 0.6 is 0 Å². The summed E-state index contributed by atoms with van der Waals surface area (Å²) >= 11 is -2.08. The SMILES string of the molecule is CC(CC#N)S(=O)[O-]. The van der Waals surface area contributed by atoms with Crippen LogP contribution in [0.25, 0.3) is 0 Å². The van der Waals surface area contributed by atoms with Crippen molar-refractivity contribution in [2.75, 3.05) is 0 Å². The monoisotopic (exact) mass is 132 g/mol. The standard InChI is InChI=1S/C4H7NO2S/c1-4(2-3-5)8(6)7/h4H,2H2,1H3,(H,6,7)/p-1. The molecule has 0 aliphatic carbocycles. The number of nitrogens with zero attached hydrogens (tertiary/aromatic N) is 1. The van der Waals surface area contributed by atoms with Crippen LogP contribution in [0.2, 0.25) is 0 Å². The van der Waals surface area contributed by atoms with Gasteiger partial charge in [0.25, 0.3) is 0 Å². The van der Waals surface area contributed by atoms with Gasteiger partial charge in [0, 0.05) is 11.7 Å². The molecule has 4 heteroatoms. The van der Waals surface area contributed by atoms with Crippen LogP contribution < -0.4 is 0 Å². The number of nitriles is 1. The first kappa shape index (κ1) is 7.60. The lowest BCUT2D eigenvalue weighted by molar-refractivity contribution is 0.525. The molecular weight excluding hydrogens is 126 g/mol. The maximum Gasteiger partial charge on any atom is 0.0633 e. The van der Waals surface area contributed by atoms with Gasteiger partial charge in [-0.1, -0.05) is 18.0 Å². The molecule has 0 aromatic rings. The van der Waals surface area contributed by atoms with E-state index in [4.69, 9.17) is 5.26 Å². The summed E-state index contributed by atoms with van der Waals surface area (Å²) in [6, 6.07) is 1.76. The summed E-state index contributed by atoms with van der Waals surface area (Å²) in [7, 11) is 0. The Kier molecular flexibility index (Phi) is 3.40. The first-order chi connectivity index (χ1) is 3.68. The summed E-state index contributed by atoms with van der Waals surface area (Å²) in [5.74, 6) is 0. The second-order valence-electron chi connectivity index (χ2n) is 1.43. The molecule has 0 spiro atoms. The lowest BCUT2D eigenvalue weighted by Gasteiger charge is -2.08. The van der Waals surface area contributed by atoms with Gasteiger partial charge in [0.05, 0.1) is 6.07 Å². The molecule has 0 saturated carbocycles. The van der Waals surface area contributed by atoms with Crippen LogP contribution in [0, 0.1) is 11.3 Å². The van der Waals surface area contributed by atoms with Gasteiger partial charge in [0.1, 0.15) is 0 Å². The van der Waals surface area contributed by atoms with Crippen molar-refractivity contribution in [3.8, 4) is 6.07 Å². The highest BCUT2D eigenvalue weighted by molar-refractivity contribution is 7.79. The third-order valence-corrected chi connectivity index (χ3v) is 1.53. The Morgan fingerprint density at radius 3 is 2.62 bits per heavy atom. The zero-order valence-corrected chi connectivity index (χ0v) is 5.27. The lowest BCUT2D eigenvalue weighted by atomic mass is 10.4. The Balaban J connectivity index is 3.52. The number of rotatable bonds is 2. The molecule has 0 saturated heterocycles.